The molecule has 1 saturated heterocycles. The molecule has 2 aromatic rings. The molecule has 6 heteroatoms. The third-order valence-corrected chi connectivity index (χ3v) is 4.08. The molecular formula is C14H16N4OS. The van der Waals surface area contributed by atoms with E-state index in [9.17, 15) is 4.79 Å². The van der Waals surface area contributed by atoms with Gasteiger partial charge in [-0.15, -0.1) is 11.3 Å². The van der Waals surface area contributed by atoms with E-state index >= 15 is 0 Å². The Labute approximate surface area is 121 Å². The Morgan fingerprint density at radius 1 is 1.15 bits per heavy atom. The zero-order chi connectivity index (χ0) is 13.8. The summed E-state index contributed by atoms with van der Waals surface area (Å²) in [4.78, 5) is 20.5. The fourth-order valence-electron chi connectivity index (χ4n) is 2.21. The molecule has 0 aromatic carbocycles. The lowest BCUT2D eigenvalue weighted by atomic mass is 10.3. The zero-order valence-corrected chi connectivity index (χ0v) is 11.8. The van der Waals surface area contributed by atoms with Crippen molar-refractivity contribution in [2.45, 2.75) is 0 Å². The van der Waals surface area contributed by atoms with Crippen LogP contribution in [0.4, 0.5) is 15.6 Å². The van der Waals surface area contributed by atoms with Gasteiger partial charge < -0.3 is 9.80 Å². The summed E-state index contributed by atoms with van der Waals surface area (Å²) >= 11 is 1.53. The molecule has 0 bridgehead atoms. The van der Waals surface area contributed by atoms with Gasteiger partial charge in [0.05, 0.1) is 5.00 Å². The second-order valence-electron chi connectivity index (χ2n) is 4.57. The number of nitrogens with zero attached hydrogens (tertiary/aromatic N) is 3. The minimum atomic E-state index is -0.0203. The predicted octanol–water partition coefficient (Wildman–Crippen LogP) is 2.50. The van der Waals surface area contributed by atoms with Crippen LogP contribution >= 0.6 is 11.3 Å². The molecule has 0 unspecified atom stereocenters. The van der Waals surface area contributed by atoms with E-state index in [4.69, 9.17) is 0 Å². The zero-order valence-electron chi connectivity index (χ0n) is 11.0. The molecule has 0 saturated carbocycles. The molecule has 2 aromatic heterocycles. The average molecular weight is 288 g/mol. The summed E-state index contributed by atoms with van der Waals surface area (Å²) < 4.78 is 0. The number of carbonyl (C=O) groups excluding carboxylic acids is 1. The van der Waals surface area contributed by atoms with E-state index in [2.05, 4.69) is 15.2 Å². The summed E-state index contributed by atoms with van der Waals surface area (Å²) in [7, 11) is 0. The number of pyridine rings is 1. The van der Waals surface area contributed by atoms with Crippen molar-refractivity contribution in [2.75, 3.05) is 36.4 Å². The highest BCUT2D eigenvalue weighted by atomic mass is 32.1. The van der Waals surface area contributed by atoms with Crippen molar-refractivity contribution < 1.29 is 4.79 Å². The summed E-state index contributed by atoms with van der Waals surface area (Å²) in [5.74, 6) is 0.978. The first-order chi connectivity index (χ1) is 9.83. The number of hydrogen-bond donors (Lipinski definition) is 1. The number of thiophene rings is 1. The van der Waals surface area contributed by atoms with Gasteiger partial charge in [-0.1, -0.05) is 6.07 Å². The Bertz CT molecular complexity index is 550. The molecule has 1 N–H and O–H groups in total. The van der Waals surface area contributed by atoms with Gasteiger partial charge in [0.1, 0.15) is 5.82 Å². The van der Waals surface area contributed by atoms with E-state index in [0.717, 1.165) is 23.9 Å². The molecule has 1 aliphatic rings. The molecule has 0 radical (unpaired) electrons. The highest BCUT2D eigenvalue weighted by Crippen LogP contribution is 2.17. The van der Waals surface area contributed by atoms with E-state index < -0.39 is 0 Å². The summed E-state index contributed by atoms with van der Waals surface area (Å²) in [6.07, 6.45) is 1.80. The lowest BCUT2D eigenvalue weighted by molar-refractivity contribution is 0.208. The normalized spacial score (nSPS) is 15.2. The molecule has 104 valence electrons. The van der Waals surface area contributed by atoms with Gasteiger partial charge in [0.2, 0.25) is 0 Å². The fraction of sp³-hybridized carbons (Fsp3) is 0.286. The molecule has 20 heavy (non-hydrogen) atoms. The lowest BCUT2D eigenvalue weighted by Crippen LogP contribution is -2.50. The number of aromatic nitrogens is 1. The van der Waals surface area contributed by atoms with Crippen LogP contribution in [-0.2, 0) is 0 Å². The smallest absolute Gasteiger partial charge is 0.322 e. The van der Waals surface area contributed by atoms with Crippen molar-refractivity contribution >= 4 is 28.2 Å². The second-order valence-corrected chi connectivity index (χ2v) is 5.52. The number of hydrogen-bond acceptors (Lipinski definition) is 4. The molecule has 0 atom stereocenters. The van der Waals surface area contributed by atoms with E-state index in [1.165, 1.54) is 11.3 Å². The molecule has 3 rings (SSSR count). The maximum atomic E-state index is 12.1. The first-order valence-electron chi connectivity index (χ1n) is 6.58. The third-order valence-electron chi connectivity index (χ3n) is 3.29. The third kappa shape index (κ3) is 2.91. The largest absolute Gasteiger partial charge is 0.353 e. The van der Waals surface area contributed by atoms with E-state index in [1.807, 2.05) is 40.6 Å². The van der Waals surface area contributed by atoms with Crippen molar-refractivity contribution in [1.82, 2.24) is 9.88 Å². The van der Waals surface area contributed by atoms with Crippen LogP contribution in [-0.4, -0.2) is 42.1 Å². The first-order valence-corrected chi connectivity index (χ1v) is 7.46. The van der Waals surface area contributed by atoms with Crippen molar-refractivity contribution in [2.24, 2.45) is 0 Å². The molecule has 2 amide bonds. The van der Waals surface area contributed by atoms with Gasteiger partial charge in [-0.25, -0.2) is 9.78 Å². The molecule has 0 aliphatic carbocycles. The van der Waals surface area contributed by atoms with Crippen LogP contribution in [0, 0.1) is 0 Å². The van der Waals surface area contributed by atoms with Crippen LogP contribution in [0.3, 0.4) is 0 Å². The van der Waals surface area contributed by atoms with Gasteiger partial charge in [-0.2, -0.15) is 0 Å². The minimum absolute atomic E-state index is 0.0203. The molecular weight excluding hydrogens is 272 g/mol. The molecule has 5 nitrogen and oxygen atoms in total. The Hall–Kier alpha value is -2.08. The highest BCUT2D eigenvalue weighted by molar-refractivity contribution is 7.14. The van der Waals surface area contributed by atoms with Crippen LogP contribution < -0.4 is 10.2 Å². The predicted molar refractivity (Wildman–Crippen MR) is 81.4 cm³/mol. The van der Waals surface area contributed by atoms with Gasteiger partial charge in [0.15, 0.2) is 0 Å². The average Bonchev–Trinajstić information content (AvgIpc) is 3.01. The maximum Gasteiger partial charge on any atom is 0.322 e. The standard InChI is InChI=1S/C14H16N4OS/c19-14(16-13-5-3-11-20-13)18-9-7-17(8-10-18)12-4-1-2-6-15-12/h1-6,11H,7-10H2,(H,16,19). The van der Waals surface area contributed by atoms with Crippen LogP contribution in [0.2, 0.25) is 0 Å². The first kappa shape index (κ1) is 12.9. The van der Waals surface area contributed by atoms with Gasteiger partial charge in [-0.3, -0.25) is 5.32 Å². The van der Waals surface area contributed by atoms with Crippen molar-refractivity contribution in [3.63, 3.8) is 0 Å². The summed E-state index contributed by atoms with van der Waals surface area (Å²) in [6, 6.07) is 9.72. The lowest BCUT2D eigenvalue weighted by Gasteiger charge is -2.35. The number of amides is 2. The fourth-order valence-corrected chi connectivity index (χ4v) is 2.82. The summed E-state index contributed by atoms with van der Waals surface area (Å²) in [6.45, 7) is 3.06. The Morgan fingerprint density at radius 3 is 2.65 bits per heavy atom. The van der Waals surface area contributed by atoms with Gasteiger partial charge in [0, 0.05) is 32.4 Å². The second kappa shape index (κ2) is 5.92. The Morgan fingerprint density at radius 2 is 2.00 bits per heavy atom. The Kier molecular flexibility index (Phi) is 3.83. The van der Waals surface area contributed by atoms with E-state index in [0.29, 0.717) is 13.1 Å². The topological polar surface area (TPSA) is 48.5 Å². The number of urea groups is 1. The molecule has 3 heterocycles. The van der Waals surface area contributed by atoms with E-state index in [1.54, 1.807) is 6.20 Å². The van der Waals surface area contributed by atoms with Crippen molar-refractivity contribution in [1.29, 1.82) is 0 Å². The van der Waals surface area contributed by atoms with Crippen LogP contribution in [0.25, 0.3) is 0 Å². The molecule has 0 spiro atoms. The van der Waals surface area contributed by atoms with Gasteiger partial charge in [-0.05, 0) is 29.6 Å². The SMILES string of the molecule is O=C(Nc1cccs1)N1CCN(c2ccccn2)CC1. The number of anilines is 2. The maximum absolute atomic E-state index is 12.1. The molecule has 1 aliphatic heterocycles. The summed E-state index contributed by atoms with van der Waals surface area (Å²) in [5.41, 5.74) is 0. The Balaban J connectivity index is 1.54. The quantitative estimate of drug-likeness (QED) is 0.923. The minimum Gasteiger partial charge on any atom is -0.353 e. The van der Waals surface area contributed by atoms with Crippen LogP contribution in [0.15, 0.2) is 41.9 Å². The van der Waals surface area contributed by atoms with Crippen LogP contribution in [0.5, 0.6) is 0 Å². The number of nitrogens with one attached hydrogen (secondary N) is 1. The number of carbonyl (C=O) groups is 1. The van der Waals surface area contributed by atoms with Crippen molar-refractivity contribution in [3.05, 3.63) is 41.9 Å². The monoisotopic (exact) mass is 288 g/mol. The van der Waals surface area contributed by atoms with E-state index in [-0.39, 0.29) is 6.03 Å². The van der Waals surface area contributed by atoms with Crippen molar-refractivity contribution in [3.8, 4) is 0 Å². The summed E-state index contributed by atoms with van der Waals surface area (Å²) in [5, 5.41) is 5.76. The molecule has 1 fully saturated rings. The highest BCUT2D eigenvalue weighted by Gasteiger charge is 2.21. The number of piperazine rings is 1. The van der Waals surface area contributed by atoms with Gasteiger partial charge >= 0.3 is 6.03 Å². The van der Waals surface area contributed by atoms with Crippen LogP contribution in [0.1, 0.15) is 0 Å². The number of rotatable bonds is 2. The van der Waals surface area contributed by atoms with Gasteiger partial charge in [0.25, 0.3) is 0 Å².